The van der Waals surface area contributed by atoms with E-state index in [9.17, 15) is 9.18 Å². The van der Waals surface area contributed by atoms with Crippen LogP contribution in [0.25, 0.3) is 0 Å². The molecule has 1 unspecified atom stereocenters. The molecule has 0 aliphatic rings. The van der Waals surface area contributed by atoms with Gasteiger partial charge in [-0.3, -0.25) is 0 Å². The first-order valence-electron chi connectivity index (χ1n) is 5.52. The Labute approximate surface area is 101 Å². The molecule has 3 nitrogen and oxygen atoms in total. The van der Waals surface area contributed by atoms with Crippen LogP contribution in [0.4, 0.5) is 10.1 Å². The summed E-state index contributed by atoms with van der Waals surface area (Å²) in [4.78, 5) is 11.0. The summed E-state index contributed by atoms with van der Waals surface area (Å²) in [5.74, 6) is -1.98. The number of hydrogen-bond acceptors (Lipinski definition) is 2. The van der Waals surface area contributed by atoms with Gasteiger partial charge in [0, 0.05) is 6.04 Å². The van der Waals surface area contributed by atoms with Crippen molar-refractivity contribution in [2.45, 2.75) is 33.7 Å². The van der Waals surface area contributed by atoms with Crippen LogP contribution in [0.5, 0.6) is 0 Å². The van der Waals surface area contributed by atoms with Crippen LogP contribution in [0.3, 0.4) is 0 Å². The minimum absolute atomic E-state index is 0.0300. The molecule has 0 radical (unpaired) electrons. The number of nitrogens with one attached hydrogen (secondary N) is 1. The zero-order valence-corrected chi connectivity index (χ0v) is 10.5. The average Bonchev–Trinajstić information content (AvgIpc) is 2.15. The molecule has 0 aliphatic heterocycles. The summed E-state index contributed by atoms with van der Waals surface area (Å²) in [6, 6.07) is 4.26. The van der Waals surface area contributed by atoms with Crippen molar-refractivity contribution in [1.29, 1.82) is 0 Å². The number of carbonyl (C=O) groups is 1. The maximum Gasteiger partial charge on any atom is 0.340 e. The zero-order valence-electron chi connectivity index (χ0n) is 10.5. The first-order chi connectivity index (χ1) is 7.73. The van der Waals surface area contributed by atoms with Crippen molar-refractivity contribution in [3.05, 3.63) is 29.6 Å². The summed E-state index contributed by atoms with van der Waals surface area (Å²) in [5.41, 5.74) is -0.0224. The lowest BCUT2D eigenvalue weighted by atomic mass is 9.88. The van der Waals surface area contributed by atoms with Crippen LogP contribution in [0.1, 0.15) is 38.1 Å². The van der Waals surface area contributed by atoms with Gasteiger partial charge in [-0.1, -0.05) is 26.8 Å². The third-order valence-corrected chi connectivity index (χ3v) is 2.90. The second-order valence-electron chi connectivity index (χ2n) is 5.20. The number of carboxylic acid groups (broad SMARTS) is 1. The van der Waals surface area contributed by atoms with Gasteiger partial charge in [0.1, 0.15) is 11.4 Å². The second-order valence-corrected chi connectivity index (χ2v) is 5.20. The Hall–Kier alpha value is -1.58. The van der Waals surface area contributed by atoms with Gasteiger partial charge in [0.15, 0.2) is 0 Å². The number of anilines is 1. The average molecular weight is 239 g/mol. The predicted molar refractivity (Wildman–Crippen MR) is 65.9 cm³/mol. The van der Waals surface area contributed by atoms with Crippen molar-refractivity contribution in [2.24, 2.45) is 5.41 Å². The summed E-state index contributed by atoms with van der Waals surface area (Å²) in [5, 5.41) is 12.0. The van der Waals surface area contributed by atoms with E-state index < -0.39 is 11.8 Å². The first kappa shape index (κ1) is 13.5. The molecule has 94 valence electrons. The third-order valence-electron chi connectivity index (χ3n) is 2.90. The van der Waals surface area contributed by atoms with E-state index in [1.54, 1.807) is 6.07 Å². The molecule has 0 saturated carbocycles. The molecule has 0 aromatic heterocycles. The van der Waals surface area contributed by atoms with Gasteiger partial charge in [0.2, 0.25) is 0 Å². The number of hydrogen-bond donors (Lipinski definition) is 2. The number of halogens is 1. The normalized spacial score (nSPS) is 13.2. The van der Waals surface area contributed by atoms with Gasteiger partial charge in [-0.2, -0.15) is 0 Å². The Morgan fingerprint density at radius 3 is 2.47 bits per heavy atom. The van der Waals surface area contributed by atoms with E-state index in [0.717, 1.165) is 6.07 Å². The molecule has 1 aromatic carbocycles. The van der Waals surface area contributed by atoms with Gasteiger partial charge >= 0.3 is 5.97 Å². The second kappa shape index (κ2) is 4.73. The summed E-state index contributed by atoms with van der Waals surface area (Å²) in [7, 11) is 0. The number of carboxylic acids is 1. The van der Waals surface area contributed by atoms with Crippen LogP contribution in [-0.4, -0.2) is 17.1 Å². The van der Waals surface area contributed by atoms with Gasteiger partial charge in [-0.15, -0.1) is 0 Å². The molecular weight excluding hydrogens is 221 g/mol. The standard InChI is InChI=1S/C13H18FNO2/c1-8(13(2,3)4)15-10-7-5-6-9(14)11(10)12(16)17/h5-8,15H,1-4H3,(H,16,17). The molecular formula is C13H18FNO2. The number of aromatic carboxylic acids is 1. The predicted octanol–water partition coefficient (Wildman–Crippen LogP) is 3.37. The van der Waals surface area contributed by atoms with E-state index >= 15 is 0 Å². The minimum Gasteiger partial charge on any atom is -0.478 e. The smallest absolute Gasteiger partial charge is 0.340 e. The molecule has 2 N–H and O–H groups in total. The minimum atomic E-state index is -1.26. The Morgan fingerprint density at radius 2 is 2.00 bits per heavy atom. The SMILES string of the molecule is CC(Nc1cccc(F)c1C(=O)O)C(C)(C)C. The highest BCUT2D eigenvalue weighted by molar-refractivity contribution is 5.94. The highest BCUT2D eigenvalue weighted by Gasteiger charge is 2.23. The van der Waals surface area contributed by atoms with Crippen LogP contribution < -0.4 is 5.32 Å². The van der Waals surface area contributed by atoms with Crippen molar-refractivity contribution in [3.63, 3.8) is 0 Å². The monoisotopic (exact) mass is 239 g/mol. The largest absolute Gasteiger partial charge is 0.478 e. The van der Waals surface area contributed by atoms with Crippen molar-refractivity contribution < 1.29 is 14.3 Å². The fourth-order valence-corrected chi connectivity index (χ4v) is 1.31. The Morgan fingerprint density at radius 1 is 1.41 bits per heavy atom. The van der Waals surface area contributed by atoms with E-state index in [2.05, 4.69) is 5.32 Å². The topological polar surface area (TPSA) is 49.3 Å². The molecule has 4 heteroatoms. The van der Waals surface area contributed by atoms with Gasteiger partial charge in [-0.05, 0) is 24.5 Å². The molecule has 17 heavy (non-hydrogen) atoms. The lowest BCUT2D eigenvalue weighted by Gasteiger charge is -2.29. The maximum absolute atomic E-state index is 13.4. The third kappa shape index (κ3) is 3.19. The lowest BCUT2D eigenvalue weighted by Crippen LogP contribution is -2.31. The van der Waals surface area contributed by atoms with Crippen molar-refractivity contribution in [3.8, 4) is 0 Å². The molecule has 0 saturated heterocycles. The van der Waals surface area contributed by atoms with Crippen molar-refractivity contribution >= 4 is 11.7 Å². The van der Waals surface area contributed by atoms with Gasteiger partial charge in [-0.25, -0.2) is 9.18 Å². The van der Waals surface area contributed by atoms with Gasteiger partial charge < -0.3 is 10.4 Å². The molecule has 1 rings (SSSR count). The van der Waals surface area contributed by atoms with Crippen LogP contribution in [0.15, 0.2) is 18.2 Å². The summed E-state index contributed by atoms with van der Waals surface area (Å²) >= 11 is 0. The van der Waals surface area contributed by atoms with Crippen LogP contribution in [0.2, 0.25) is 0 Å². The fourth-order valence-electron chi connectivity index (χ4n) is 1.31. The fraction of sp³-hybridized carbons (Fsp3) is 0.462. The highest BCUT2D eigenvalue weighted by atomic mass is 19.1. The van der Waals surface area contributed by atoms with Crippen LogP contribution in [-0.2, 0) is 0 Å². The van der Waals surface area contributed by atoms with E-state index in [4.69, 9.17) is 5.11 Å². The molecule has 0 spiro atoms. The van der Waals surface area contributed by atoms with Crippen LogP contribution >= 0.6 is 0 Å². The van der Waals surface area contributed by atoms with E-state index in [-0.39, 0.29) is 17.0 Å². The molecule has 0 amide bonds. The number of rotatable bonds is 3. The summed E-state index contributed by atoms with van der Waals surface area (Å²) in [6.07, 6.45) is 0. The van der Waals surface area contributed by atoms with E-state index in [0.29, 0.717) is 5.69 Å². The summed E-state index contributed by atoms with van der Waals surface area (Å²) in [6.45, 7) is 8.04. The van der Waals surface area contributed by atoms with Crippen molar-refractivity contribution in [1.82, 2.24) is 0 Å². The maximum atomic E-state index is 13.4. The Bertz CT molecular complexity index is 424. The number of benzene rings is 1. The quantitative estimate of drug-likeness (QED) is 0.850. The Kier molecular flexibility index (Phi) is 3.76. The molecule has 0 heterocycles. The Balaban J connectivity index is 3.07. The molecule has 0 aliphatic carbocycles. The highest BCUT2D eigenvalue weighted by Crippen LogP contribution is 2.26. The van der Waals surface area contributed by atoms with Crippen LogP contribution in [0, 0.1) is 11.2 Å². The lowest BCUT2D eigenvalue weighted by molar-refractivity contribution is 0.0693. The summed E-state index contributed by atoms with van der Waals surface area (Å²) < 4.78 is 13.4. The van der Waals surface area contributed by atoms with E-state index in [1.165, 1.54) is 6.07 Å². The van der Waals surface area contributed by atoms with E-state index in [1.807, 2.05) is 27.7 Å². The molecule has 1 aromatic rings. The van der Waals surface area contributed by atoms with Gasteiger partial charge in [0.05, 0.1) is 5.69 Å². The molecule has 0 fully saturated rings. The first-order valence-corrected chi connectivity index (χ1v) is 5.52. The molecule has 0 bridgehead atoms. The van der Waals surface area contributed by atoms with Gasteiger partial charge in [0.25, 0.3) is 0 Å². The molecule has 1 atom stereocenters. The zero-order chi connectivity index (χ0) is 13.2. The van der Waals surface area contributed by atoms with Crippen molar-refractivity contribution in [2.75, 3.05) is 5.32 Å².